The first-order chi connectivity index (χ1) is 12.6. The smallest absolute Gasteiger partial charge is 0.335 e. The maximum absolute atomic E-state index is 12.0. The normalized spacial score (nSPS) is 10.5. The van der Waals surface area contributed by atoms with Gasteiger partial charge in [-0.2, -0.15) is 5.10 Å². The molecule has 26 heavy (non-hydrogen) atoms. The molecule has 0 bridgehead atoms. The van der Waals surface area contributed by atoms with Crippen LogP contribution < -0.4 is 5.32 Å². The summed E-state index contributed by atoms with van der Waals surface area (Å²) in [5.74, 6) is -1.06. The third kappa shape index (κ3) is 4.57. The number of aryl methyl sites for hydroxylation is 1. The average molecular weight is 349 g/mol. The number of carboxylic acid groups (broad SMARTS) is 1. The van der Waals surface area contributed by atoms with Crippen molar-refractivity contribution in [3.8, 4) is 5.69 Å². The van der Waals surface area contributed by atoms with Gasteiger partial charge in [-0.1, -0.05) is 30.3 Å². The summed E-state index contributed by atoms with van der Waals surface area (Å²) in [6, 6.07) is 16.3. The Hall–Kier alpha value is -3.41. The third-order valence-corrected chi connectivity index (χ3v) is 3.96. The molecule has 1 aromatic heterocycles. The van der Waals surface area contributed by atoms with Crippen LogP contribution in [0.3, 0.4) is 0 Å². The molecule has 3 aromatic rings. The van der Waals surface area contributed by atoms with Gasteiger partial charge in [0, 0.05) is 19.2 Å². The Morgan fingerprint density at radius 2 is 1.85 bits per heavy atom. The molecule has 0 unspecified atom stereocenters. The zero-order chi connectivity index (χ0) is 18.4. The molecule has 3 rings (SSSR count). The Labute approximate surface area is 151 Å². The Morgan fingerprint density at radius 1 is 1.04 bits per heavy atom. The van der Waals surface area contributed by atoms with Crippen LogP contribution >= 0.6 is 0 Å². The minimum absolute atomic E-state index is 0.0850. The molecule has 0 atom stereocenters. The quantitative estimate of drug-likeness (QED) is 0.687. The molecule has 132 valence electrons. The topological polar surface area (TPSA) is 84.2 Å². The fraction of sp³-hybridized carbons (Fsp3) is 0.150. The van der Waals surface area contributed by atoms with Gasteiger partial charge < -0.3 is 10.4 Å². The van der Waals surface area contributed by atoms with E-state index in [4.69, 9.17) is 5.11 Å². The molecule has 6 nitrogen and oxygen atoms in total. The molecular formula is C20H19N3O3. The van der Waals surface area contributed by atoms with E-state index in [1.165, 1.54) is 6.07 Å². The van der Waals surface area contributed by atoms with Crippen LogP contribution in [-0.4, -0.2) is 26.8 Å². The van der Waals surface area contributed by atoms with Crippen LogP contribution in [0.1, 0.15) is 27.9 Å². The van der Waals surface area contributed by atoms with Gasteiger partial charge in [-0.05, 0) is 41.8 Å². The standard InChI is InChI=1S/C20H19N3O3/c24-19(21-12-15-5-4-6-17(11-15)20(25)26)10-9-16-13-22-23(14-16)18-7-2-1-3-8-18/h1-8,11,13-14H,9-10,12H2,(H,21,24)(H,25,26). The van der Waals surface area contributed by atoms with Crippen LogP contribution in [0.15, 0.2) is 67.0 Å². The van der Waals surface area contributed by atoms with Gasteiger partial charge in [-0.25, -0.2) is 9.48 Å². The Bertz CT molecular complexity index is 903. The number of benzene rings is 2. The third-order valence-electron chi connectivity index (χ3n) is 3.96. The number of amides is 1. The monoisotopic (exact) mass is 349 g/mol. The van der Waals surface area contributed by atoms with E-state index in [-0.39, 0.29) is 11.5 Å². The molecule has 2 N–H and O–H groups in total. The minimum atomic E-state index is -0.978. The van der Waals surface area contributed by atoms with E-state index in [1.807, 2.05) is 36.5 Å². The highest BCUT2D eigenvalue weighted by Crippen LogP contribution is 2.09. The summed E-state index contributed by atoms with van der Waals surface area (Å²) in [6.45, 7) is 0.309. The van der Waals surface area contributed by atoms with Crippen molar-refractivity contribution in [1.82, 2.24) is 15.1 Å². The molecule has 0 saturated carbocycles. The molecule has 1 amide bonds. The Morgan fingerprint density at radius 3 is 2.62 bits per heavy atom. The zero-order valence-corrected chi connectivity index (χ0v) is 14.1. The van der Waals surface area contributed by atoms with Crippen molar-refractivity contribution in [3.05, 3.63) is 83.7 Å². The zero-order valence-electron chi connectivity index (χ0n) is 14.1. The number of carbonyl (C=O) groups is 2. The van der Waals surface area contributed by atoms with Crippen molar-refractivity contribution in [3.63, 3.8) is 0 Å². The van der Waals surface area contributed by atoms with E-state index in [0.717, 1.165) is 16.8 Å². The van der Waals surface area contributed by atoms with Gasteiger partial charge in [0.2, 0.25) is 5.91 Å². The lowest BCUT2D eigenvalue weighted by Gasteiger charge is -2.06. The molecule has 6 heteroatoms. The second-order valence-corrected chi connectivity index (χ2v) is 5.91. The van der Waals surface area contributed by atoms with Crippen molar-refractivity contribution >= 4 is 11.9 Å². The van der Waals surface area contributed by atoms with E-state index in [0.29, 0.717) is 19.4 Å². The molecule has 0 aliphatic carbocycles. The fourth-order valence-electron chi connectivity index (χ4n) is 2.57. The van der Waals surface area contributed by atoms with Crippen LogP contribution in [-0.2, 0) is 17.8 Å². The predicted octanol–water partition coefficient (Wildman–Crippen LogP) is 2.82. The molecule has 0 saturated heterocycles. The largest absolute Gasteiger partial charge is 0.478 e. The van der Waals surface area contributed by atoms with Crippen molar-refractivity contribution in [2.45, 2.75) is 19.4 Å². The Balaban J connectivity index is 1.49. The molecule has 0 aliphatic rings. The van der Waals surface area contributed by atoms with Crippen molar-refractivity contribution in [2.24, 2.45) is 0 Å². The summed E-state index contributed by atoms with van der Waals surface area (Å²) >= 11 is 0. The van der Waals surface area contributed by atoms with Crippen LogP contribution in [0.25, 0.3) is 5.69 Å². The number of nitrogens with zero attached hydrogens (tertiary/aromatic N) is 2. The van der Waals surface area contributed by atoms with Crippen molar-refractivity contribution < 1.29 is 14.7 Å². The fourth-order valence-corrected chi connectivity index (χ4v) is 2.57. The SMILES string of the molecule is O=C(CCc1cnn(-c2ccccc2)c1)NCc1cccc(C(=O)O)c1. The molecule has 0 spiro atoms. The number of aromatic carboxylic acids is 1. The van der Waals surface area contributed by atoms with E-state index in [9.17, 15) is 9.59 Å². The first-order valence-corrected chi connectivity index (χ1v) is 8.30. The molecule has 0 fully saturated rings. The average Bonchev–Trinajstić information content (AvgIpc) is 3.15. The molecule has 0 aliphatic heterocycles. The maximum atomic E-state index is 12.0. The lowest BCUT2D eigenvalue weighted by atomic mass is 10.1. The van der Waals surface area contributed by atoms with Gasteiger partial charge in [0.15, 0.2) is 0 Å². The van der Waals surface area contributed by atoms with Crippen LogP contribution in [0.5, 0.6) is 0 Å². The lowest BCUT2D eigenvalue weighted by molar-refractivity contribution is -0.121. The van der Waals surface area contributed by atoms with Gasteiger partial charge in [-0.15, -0.1) is 0 Å². The number of hydrogen-bond acceptors (Lipinski definition) is 3. The molecule has 1 heterocycles. The number of para-hydroxylation sites is 1. The second-order valence-electron chi connectivity index (χ2n) is 5.91. The van der Waals surface area contributed by atoms with Gasteiger partial charge in [0.05, 0.1) is 17.4 Å². The Kier molecular flexibility index (Phi) is 5.43. The van der Waals surface area contributed by atoms with Crippen molar-refractivity contribution in [2.75, 3.05) is 0 Å². The van der Waals surface area contributed by atoms with Gasteiger partial charge in [0.1, 0.15) is 0 Å². The second kappa shape index (κ2) is 8.11. The predicted molar refractivity (Wildman–Crippen MR) is 97.1 cm³/mol. The molecule has 0 radical (unpaired) electrons. The maximum Gasteiger partial charge on any atom is 0.335 e. The van der Waals surface area contributed by atoms with Gasteiger partial charge >= 0.3 is 5.97 Å². The van der Waals surface area contributed by atoms with E-state index in [2.05, 4.69) is 10.4 Å². The number of carbonyl (C=O) groups excluding carboxylic acids is 1. The van der Waals surface area contributed by atoms with Crippen LogP contribution in [0.4, 0.5) is 0 Å². The molecule has 2 aromatic carbocycles. The summed E-state index contributed by atoms with van der Waals surface area (Å²) in [7, 11) is 0. The molecular weight excluding hydrogens is 330 g/mol. The van der Waals surface area contributed by atoms with Gasteiger partial charge in [0.25, 0.3) is 0 Å². The van der Waals surface area contributed by atoms with Crippen molar-refractivity contribution in [1.29, 1.82) is 0 Å². The van der Waals surface area contributed by atoms with Gasteiger partial charge in [-0.3, -0.25) is 4.79 Å². The first kappa shape index (κ1) is 17.4. The van der Waals surface area contributed by atoms with Crippen LogP contribution in [0.2, 0.25) is 0 Å². The number of rotatable bonds is 7. The van der Waals surface area contributed by atoms with E-state index < -0.39 is 5.97 Å². The van der Waals surface area contributed by atoms with E-state index >= 15 is 0 Å². The summed E-state index contributed by atoms with van der Waals surface area (Å²) < 4.78 is 1.78. The minimum Gasteiger partial charge on any atom is -0.478 e. The first-order valence-electron chi connectivity index (χ1n) is 8.30. The summed E-state index contributed by atoms with van der Waals surface area (Å²) in [5, 5.41) is 16.1. The number of carboxylic acids is 1. The summed E-state index contributed by atoms with van der Waals surface area (Å²) in [4.78, 5) is 23.0. The highest BCUT2D eigenvalue weighted by Gasteiger charge is 2.07. The van der Waals surface area contributed by atoms with Crippen LogP contribution in [0, 0.1) is 0 Å². The number of nitrogens with one attached hydrogen (secondary N) is 1. The number of hydrogen-bond donors (Lipinski definition) is 2. The summed E-state index contributed by atoms with van der Waals surface area (Å²) in [6.07, 6.45) is 4.61. The van der Waals surface area contributed by atoms with E-state index in [1.54, 1.807) is 29.1 Å². The highest BCUT2D eigenvalue weighted by atomic mass is 16.4. The number of aromatic nitrogens is 2. The highest BCUT2D eigenvalue weighted by molar-refractivity contribution is 5.87. The summed E-state index contributed by atoms with van der Waals surface area (Å²) in [5.41, 5.74) is 2.93. The lowest BCUT2D eigenvalue weighted by Crippen LogP contribution is -2.23.